The van der Waals surface area contributed by atoms with E-state index in [1.54, 1.807) is 11.9 Å². The van der Waals surface area contributed by atoms with Crippen molar-refractivity contribution >= 4 is 5.91 Å². The van der Waals surface area contributed by atoms with Crippen LogP contribution in [0.25, 0.3) is 0 Å². The first-order chi connectivity index (χ1) is 10.1. The van der Waals surface area contributed by atoms with Crippen LogP contribution in [0.4, 0.5) is 0 Å². The molecule has 110 valence electrons. The second kappa shape index (κ2) is 6.74. The molecule has 0 aliphatic carbocycles. The standard InChI is InChI=1S/C16H18N2O3/c1-3-21-15-6-4-13(5-7-15)12-17(2)16(19)14-8-10-18(20)11-9-14/h4-11H,3,12H2,1-2H3. The van der Waals surface area contributed by atoms with Crippen LogP contribution >= 0.6 is 0 Å². The molecule has 0 radical (unpaired) electrons. The summed E-state index contributed by atoms with van der Waals surface area (Å²) in [6.07, 6.45) is 2.63. The summed E-state index contributed by atoms with van der Waals surface area (Å²) in [5.41, 5.74) is 1.51. The quantitative estimate of drug-likeness (QED) is 0.624. The van der Waals surface area contributed by atoms with Crippen LogP contribution in [0.3, 0.4) is 0 Å². The summed E-state index contributed by atoms with van der Waals surface area (Å²) in [5.74, 6) is 0.697. The topological polar surface area (TPSA) is 56.5 Å². The van der Waals surface area contributed by atoms with Crippen molar-refractivity contribution in [2.75, 3.05) is 13.7 Å². The van der Waals surface area contributed by atoms with Gasteiger partial charge in [0.15, 0.2) is 12.4 Å². The number of hydrogen-bond acceptors (Lipinski definition) is 3. The number of rotatable bonds is 5. The lowest BCUT2D eigenvalue weighted by atomic mass is 10.2. The Hall–Kier alpha value is -2.56. The molecule has 21 heavy (non-hydrogen) atoms. The molecule has 2 aromatic rings. The smallest absolute Gasteiger partial charge is 0.254 e. The summed E-state index contributed by atoms with van der Waals surface area (Å²) >= 11 is 0. The van der Waals surface area contributed by atoms with Crippen LogP contribution < -0.4 is 9.47 Å². The minimum absolute atomic E-state index is 0.121. The first-order valence-electron chi connectivity index (χ1n) is 6.76. The molecule has 1 amide bonds. The molecule has 5 heteroatoms. The van der Waals surface area contributed by atoms with Crippen LogP contribution in [0, 0.1) is 5.21 Å². The number of hydrogen-bond donors (Lipinski definition) is 0. The molecule has 0 aliphatic rings. The summed E-state index contributed by atoms with van der Waals surface area (Å²) in [6.45, 7) is 3.06. The Morgan fingerprint density at radius 2 is 1.81 bits per heavy atom. The van der Waals surface area contributed by atoms with E-state index in [2.05, 4.69) is 0 Å². The average Bonchev–Trinajstić information content (AvgIpc) is 2.49. The van der Waals surface area contributed by atoms with Crippen molar-refractivity contribution in [3.63, 3.8) is 0 Å². The second-order valence-electron chi connectivity index (χ2n) is 4.68. The fourth-order valence-corrected chi connectivity index (χ4v) is 1.98. The predicted molar refractivity (Wildman–Crippen MR) is 78.8 cm³/mol. The van der Waals surface area contributed by atoms with Gasteiger partial charge in [-0.2, -0.15) is 4.73 Å². The number of carbonyl (C=O) groups excluding carboxylic acids is 1. The maximum absolute atomic E-state index is 12.2. The molecule has 0 unspecified atom stereocenters. The van der Waals surface area contributed by atoms with Gasteiger partial charge < -0.3 is 14.8 Å². The van der Waals surface area contributed by atoms with Gasteiger partial charge in [0.1, 0.15) is 5.75 Å². The first-order valence-corrected chi connectivity index (χ1v) is 6.76. The maximum atomic E-state index is 12.2. The van der Waals surface area contributed by atoms with E-state index in [1.807, 2.05) is 31.2 Å². The highest BCUT2D eigenvalue weighted by atomic mass is 16.5. The second-order valence-corrected chi connectivity index (χ2v) is 4.68. The molecule has 2 rings (SSSR count). The Morgan fingerprint density at radius 3 is 2.38 bits per heavy atom. The molecule has 0 N–H and O–H groups in total. The zero-order chi connectivity index (χ0) is 15.2. The summed E-state index contributed by atoms with van der Waals surface area (Å²) in [6, 6.07) is 10.7. The van der Waals surface area contributed by atoms with E-state index in [0.717, 1.165) is 11.3 Å². The van der Waals surface area contributed by atoms with Crippen molar-refractivity contribution in [3.05, 3.63) is 65.1 Å². The lowest BCUT2D eigenvalue weighted by Gasteiger charge is -2.17. The van der Waals surface area contributed by atoms with Crippen molar-refractivity contribution in [2.45, 2.75) is 13.5 Å². The van der Waals surface area contributed by atoms with Gasteiger partial charge in [-0.15, -0.1) is 0 Å². The van der Waals surface area contributed by atoms with E-state index in [-0.39, 0.29) is 5.91 Å². The van der Waals surface area contributed by atoms with Crippen LogP contribution in [0.1, 0.15) is 22.8 Å². The minimum Gasteiger partial charge on any atom is -0.619 e. The largest absolute Gasteiger partial charge is 0.619 e. The van der Waals surface area contributed by atoms with Gasteiger partial charge in [0.25, 0.3) is 5.91 Å². The number of amides is 1. The minimum atomic E-state index is -0.121. The SMILES string of the molecule is CCOc1ccc(CN(C)C(=O)c2cc[n+]([O-])cc2)cc1. The predicted octanol–water partition coefficient (Wildman–Crippen LogP) is 1.99. The van der Waals surface area contributed by atoms with Gasteiger partial charge in [0.2, 0.25) is 0 Å². The molecule has 0 spiro atoms. The molecule has 0 aliphatic heterocycles. The van der Waals surface area contributed by atoms with Gasteiger partial charge in [-0.3, -0.25) is 4.79 Å². The molecule has 0 saturated heterocycles. The van der Waals surface area contributed by atoms with Crippen molar-refractivity contribution < 1.29 is 14.3 Å². The Bertz CT molecular complexity index is 594. The van der Waals surface area contributed by atoms with E-state index in [4.69, 9.17) is 4.74 Å². The zero-order valence-electron chi connectivity index (χ0n) is 12.2. The Kier molecular flexibility index (Phi) is 4.77. The van der Waals surface area contributed by atoms with Crippen LogP contribution in [0.15, 0.2) is 48.8 Å². The first kappa shape index (κ1) is 14.8. The van der Waals surface area contributed by atoms with E-state index in [9.17, 15) is 10.0 Å². The molecule has 0 atom stereocenters. The maximum Gasteiger partial charge on any atom is 0.254 e. The molecule has 0 bridgehead atoms. The van der Waals surface area contributed by atoms with E-state index in [0.29, 0.717) is 23.4 Å². The third kappa shape index (κ3) is 3.95. The van der Waals surface area contributed by atoms with Crippen molar-refractivity contribution in [1.29, 1.82) is 0 Å². The van der Waals surface area contributed by atoms with E-state index >= 15 is 0 Å². The number of ether oxygens (including phenoxy) is 1. The van der Waals surface area contributed by atoms with Gasteiger partial charge in [-0.1, -0.05) is 12.1 Å². The van der Waals surface area contributed by atoms with Gasteiger partial charge in [-0.25, -0.2) is 0 Å². The third-order valence-electron chi connectivity index (χ3n) is 3.05. The van der Waals surface area contributed by atoms with Crippen molar-refractivity contribution in [2.24, 2.45) is 0 Å². The molecule has 1 aromatic carbocycles. The van der Waals surface area contributed by atoms with Gasteiger partial charge in [0, 0.05) is 25.7 Å². The summed E-state index contributed by atoms with van der Waals surface area (Å²) in [4.78, 5) is 13.8. The molecular formula is C16H18N2O3. The molecule has 1 heterocycles. The Morgan fingerprint density at radius 1 is 1.19 bits per heavy atom. The number of benzene rings is 1. The molecule has 0 fully saturated rings. The van der Waals surface area contributed by atoms with Gasteiger partial charge in [0.05, 0.1) is 12.2 Å². The summed E-state index contributed by atoms with van der Waals surface area (Å²) < 4.78 is 6.04. The lowest BCUT2D eigenvalue weighted by molar-refractivity contribution is -0.605. The normalized spacial score (nSPS) is 10.2. The van der Waals surface area contributed by atoms with Gasteiger partial charge in [-0.05, 0) is 24.6 Å². The fraction of sp³-hybridized carbons (Fsp3) is 0.250. The van der Waals surface area contributed by atoms with Crippen LogP contribution in [0.2, 0.25) is 0 Å². The number of nitrogens with zero attached hydrogens (tertiary/aromatic N) is 2. The highest BCUT2D eigenvalue weighted by Gasteiger charge is 2.12. The average molecular weight is 286 g/mol. The Balaban J connectivity index is 2.01. The lowest BCUT2D eigenvalue weighted by Crippen LogP contribution is -2.29. The molecule has 1 aromatic heterocycles. The number of aromatic nitrogens is 1. The van der Waals surface area contributed by atoms with Crippen LogP contribution in [0.5, 0.6) is 5.75 Å². The number of carbonyl (C=O) groups is 1. The zero-order valence-corrected chi connectivity index (χ0v) is 12.2. The van der Waals surface area contributed by atoms with E-state index < -0.39 is 0 Å². The summed E-state index contributed by atoms with van der Waals surface area (Å²) in [7, 11) is 1.73. The highest BCUT2D eigenvalue weighted by Crippen LogP contribution is 2.14. The summed E-state index contributed by atoms with van der Waals surface area (Å²) in [5, 5.41) is 11.0. The monoisotopic (exact) mass is 286 g/mol. The molecule has 0 saturated carbocycles. The highest BCUT2D eigenvalue weighted by molar-refractivity contribution is 5.93. The fourth-order valence-electron chi connectivity index (χ4n) is 1.98. The van der Waals surface area contributed by atoms with Crippen LogP contribution in [-0.4, -0.2) is 24.5 Å². The number of pyridine rings is 1. The van der Waals surface area contributed by atoms with Crippen LogP contribution in [-0.2, 0) is 6.54 Å². The van der Waals surface area contributed by atoms with Crippen molar-refractivity contribution in [3.8, 4) is 5.75 Å². The van der Waals surface area contributed by atoms with E-state index in [1.165, 1.54) is 24.5 Å². The Labute approximate surface area is 124 Å². The molecule has 5 nitrogen and oxygen atoms in total. The van der Waals surface area contributed by atoms with Crippen molar-refractivity contribution in [1.82, 2.24) is 4.90 Å². The van der Waals surface area contributed by atoms with Gasteiger partial charge >= 0.3 is 0 Å². The third-order valence-corrected chi connectivity index (χ3v) is 3.05. The molecular weight excluding hydrogens is 268 g/mol.